The van der Waals surface area contributed by atoms with Gasteiger partial charge in [-0.15, -0.1) is 0 Å². The summed E-state index contributed by atoms with van der Waals surface area (Å²) in [5.74, 6) is 2.56. The maximum atomic E-state index is 5.75. The van der Waals surface area contributed by atoms with Crippen LogP contribution in [0.25, 0.3) is 11.5 Å². The zero-order chi connectivity index (χ0) is 17.6. The van der Waals surface area contributed by atoms with Crippen LogP contribution in [0.5, 0.6) is 17.4 Å². The summed E-state index contributed by atoms with van der Waals surface area (Å²) in [4.78, 5) is 8.57. The van der Waals surface area contributed by atoms with Crippen LogP contribution >= 0.6 is 0 Å². The van der Waals surface area contributed by atoms with Crippen molar-refractivity contribution in [3.63, 3.8) is 0 Å². The molecule has 128 valence electrons. The number of hydrogen-bond donors (Lipinski definition) is 0. The van der Waals surface area contributed by atoms with E-state index in [2.05, 4.69) is 9.97 Å². The maximum Gasteiger partial charge on any atom is 0.226 e. The molecule has 2 heterocycles. The van der Waals surface area contributed by atoms with Crippen molar-refractivity contribution in [1.29, 1.82) is 0 Å². The lowest BCUT2D eigenvalue weighted by atomic mass is 10.2. The minimum atomic E-state index is 0.330. The fraction of sp³-hybridized carbons (Fsp3) is 0.0476. The zero-order valence-electron chi connectivity index (χ0n) is 13.9. The molecule has 0 N–H and O–H groups in total. The molecule has 2 aromatic carbocycles. The monoisotopic (exact) mass is 344 g/mol. The van der Waals surface area contributed by atoms with Crippen molar-refractivity contribution in [3.8, 4) is 28.8 Å². The summed E-state index contributed by atoms with van der Waals surface area (Å²) in [7, 11) is 0. The summed E-state index contributed by atoms with van der Waals surface area (Å²) >= 11 is 0. The molecule has 0 saturated carbocycles. The minimum absolute atomic E-state index is 0.330. The van der Waals surface area contributed by atoms with Gasteiger partial charge in [-0.05, 0) is 42.5 Å². The first-order valence-corrected chi connectivity index (χ1v) is 8.18. The summed E-state index contributed by atoms with van der Waals surface area (Å²) in [5.41, 5.74) is 1.67. The second-order valence-electron chi connectivity index (χ2n) is 5.54. The molecule has 0 aliphatic rings. The van der Waals surface area contributed by atoms with E-state index in [4.69, 9.17) is 13.9 Å². The Hall–Kier alpha value is -3.60. The summed E-state index contributed by atoms with van der Waals surface area (Å²) in [6.07, 6.45) is 3.30. The standard InChI is InChI=1S/C21H16N2O3/c1-2-6-16(7-3-1)21-23-17(15-25-21)14-24-18-9-11-19(12-10-18)26-20-8-4-5-13-22-20/h1-13,15H,14H2. The maximum absolute atomic E-state index is 5.75. The molecule has 0 spiro atoms. The topological polar surface area (TPSA) is 57.4 Å². The van der Waals surface area contributed by atoms with Gasteiger partial charge in [0.25, 0.3) is 0 Å². The largest absolute Gasteiger partial charge is 0.487 e. The second kappa shape index (κ2) is 7.53. The molecule has 4 rings (SSSR count). The van der Waals surface area contributed by atoms with E-state index in [0.717, 1.165) is 17.0 Å². The minimum Gasteiger partial charge on any atom is -0.487 e. The number of hydrogen-bond acceptors (Lipinski definition) is 5. The Morgan fingerprint density at radius 3 is 2.35 bits per heavy atom. The third-order valence-electron chi connectivity index (χ3n) is 3.64. The number of pyridine rings is 1. The van der Waals surface area contributed by atoms with E-state index in [1.54, 1.807) is 18.5 Å². The van der Waals surface area contributed by atoms with Crippen LogP contribution in [0.15, 0.2) is 89.7 Å². The Bertz CT molecular complexity index is 951. The zero-order valence-corrected chi connectivity index (χ0v) is 13.9. The number of oxazole rings is 1. The number of nitrogens with zero attached hydrogens (tertiary/aromatic N) is 2. The van der Waals surface area contributed by atoms with Gasteiger partial charge in [0.1, 0.15) is 30.1 Å². The highest BCUT2D eigenvalue weighted by atomic mass is 16.5. The van der Waals surface area contributed by atoms with E-state index in [0.29, 0.717) is 24.1 Å². The van der Waals surface area contributed by atoms with Crippen molar-refractivity contribution in [1.82, 2.24) is 9.97 Å². The molecular weight excluding hydrogens is 328 g/mol. The summed E-state index contributed by atoms with van der Waals surface area (Å²) in [6.45, 7) is 0.330. The first kappa shape index (κ1) is 15.9. The van der Waals surface area contributed by atoms with Crippen LogP contribution in [-0.2, 0) is 6.61 Å². The molecule has 26 heavy (non-hydrogen) atoms. The van der Waals surface area contributed by atoms with Gasteiger partial charge >= 0.3 is 0 Å². The molecule has 0 radical (unpaired) electrons. The SMILES string of the molecule is c1ccc(-c2nc(COc3ccc(Oc4ccccn4)cc3)co2)cc1. The van der Waals surface area contributed by atoms with Gasteiger partial charge in [0.15, 0.2) is 0 Å². The molecule has 0 aliphatic heterocycles. The smallest absolute Gasteiger partial charge is 0.226 e. The number of benzene rings is 2. The van der Waals surface area contributed by atoms with Crippen LogP contribution in [0.4, 0.5) is 0 Å². The molecule has 0 saturated heterocycles. The van der Waals surface area contributed by atoms with Gasteiger partial charge < -0.3 is 13.9 Å². The van der Waals surface area contributed by atoms with Crippen molar-refractivity contribution in [3.05, 3.63) is 91.0 Å². The highest BCUT2D eigenvalue weighted by Crippen LogP contribution is 2.23. The van der Waals surface area contributed by atoms with Gasteiger partial charge in [-0.3, -0.25) is 0 Å². The van der Waals surface area contributed by atoms with E-state index in [9.17, 15) is 0 Å². The van der Waals surface area contributed by atoms with Crippen molar-refractivity contribution >= 4 is 0 Å². The number of rotatable bonds is 6. The van der Waals surface area contributed by atoms with Crippen LogP contribution in [0.1, 0.15) is 5.69 Å². The van der Waals surface area contributed by atoms with E-state index >= 15 is 0 Å². The van der Waals surface area contributed by atoms with Gasteiger partial charge in [0, 0.05) is 17.8 Å². The first-order chi connectivity index (χ1) is 12.9. The third-order valence-corrected chi connectivity index (χ3v) is 3.64. The van der Waals surface area contributed by atoms with Crippen molar-refractivity contribution in [2.45, 2.75) is 6.61 Å². The quantitative estimate of drug-likeness (QED) is 0.486. The fourth-order valence-corrected chi connectivity index (χ4v) is 2.38. The van der Waals surface area contributed by atoms with Gasteiger partial charge in [-0.2, -0.15) is 0 Å². The van der Waals surface area contributed by atoms with Crippen LogP contribution in [0, 0.1) is 0 Å². The Morgan fingerprint density at radius 1 is 0.808 bits per heavy atom. The molecule has 0 unspecified atom stereocenters. The Kier molecular flexibility index (Phi) is 4.60. The van der Waals surface area contributed by atoms with Crippen LogP contribution in [0.3, 0.4) is 0 Å². The highest BCUT2D eigenvalue weighted by molar-refractivity contribution is 5.52. The van der Waals surface area contributed by atoms with Crippen molar-refractivity contribution < 1.29 is 13.9 Å². The second-order valence-corrected chi connectivity index (χ2v) is 5.54. The van der Waals surface area contributed by atoms with E-state index < -0.39 is 0 Å². The van der Waals surface area contributed by atoms with Crippen molar-refractivity contribution in [2.24, 2.45) is 0 Å². The lowest BCUT2D eigenvalue weighted by molar-refractivity contribution is 0.300. The van der Waals surface area contributed by atoms with E-state index in [1.165, 1.54) is 0 Å². The number of aromatic nitrogens is 2. The van der Waals surface area contributed by atoms with E-state index in [1.807, 2.05) is 66.7 Å². The van der Waals surface area contributed by atoms with Gasteiger partial charge in [0.2, 0.25) is 11.8 Å². The van der Waals surface area contributed by atoms with Crippen LogP contribution in [0.2, 0.25) is 0 Å². The average Bonchev–Trinajstić information content (AvgIpc) is 3.18. The van der Waals surface area contributed by atoms with Gasteiger partial charge in [-0.1, -0.05) is 24.3 Å². The van der Waals surface area contributed by atoms with Crippen molar-refractivity contribution in [2.75, 3.05) is 0 Å². The Balaban J connectivity index is 1.36. The summed E-state index contributed by atoms with van der Waals surface area (Å²) < 4.78 is 16.9. The summed E-state index contributed by atoms with van der Waals surface area (Å²) in [5, 5.41) is 0. The predicted molar refractivity (Wildman–Crippen MR) is 97.0 cm³/mol. The highest BCUT2D eigenvalue weighted by Gasteiger charge is 2.07. The molecule has 2 aromatic heterocycles. The normalized spacial score (nSPS) is 10.5. The predicted octanol–water partition coefficient (Wildman–Crippen LogP) is 5.11. The molecule has 5 heteroatoms. The van der Waals surface area contributed by atoms with Crippen LogP contribution in [-0.4, -0.2) is 9.97 Å². The summed E-state index contributed by atoms with van der Waals surface area (Å²) in [6, 6.07) is 22.6. The Morgan fingerprint density at radius 2 is 1.58 bits per heavy atom. The van der Waals surface area contributed by atoms with E-state index in [-0.39, 0.29) is 0 Å². The van der Waals surface area contributed by atoms with Gasteiger partial charge in [-0.25, -0.2) is 9.97 Å². The first-order valence-electron chi connectivity index (χ1n) is 8.18. The lowest BCUT2D eigenvalue weighted by Crippen LogP contribution is -1.95. The van der Waals surface area contributed by atoms with Gasteiger partial charge in [0.05, 0.1) is 0 Å². The molecule has 5 nitrogen and oxygen atoms in total. The number of ether oxygens (including phenoxy) is 2. The average molecular weight is 344 g/mol. The molecular formula is C21H16N2O3. The molecule has 0 aliphatic carbocycles. The molecule has 0 fully saturated rings. The molecule has 0 amide bonds. The van der Waals surface area contributed by atoms with Crippen LogP contribution < -0.4 is 9.47 Å². The fourth-order valence-electron chi connectivity index (χ4n) is 2.38. The third kappa shape index (κ3) is 3.89. The lowest BCUT2D eigenvalue weighted by Gasteiger charge is -2.06. The molecule has 0 atom stereocenters. The molecule has 0 bridgehead atoms. The molecule has 4 aromatic rings. The Labute approximate surface area is 150 Å².